The number of nitrogens with two attached hydrogens (primary N) is 1. The minimum Gasteiger partial charge on any atom is -0.388 e. The molecule has 5 heteroatoms. The summed E-state index contributed by atoms with van der Waals surface area (Å²) in [6.07, 6.45) is 1.85. The summed E-state index contributed by atoms with van der Waals surface area (Å²) in [6, 6.07) is 3.93. The Morgan fingerprint density at radius 3 is 2.67 bits per heavy atom. The van der Waals surface area contributed by atoms with Crippen LogP contribution in [-0.4, -0.2) is 34.6 Å². The van der Waals surface area contributed by atoms with Crippen LogP contribution >= 0.6 is 24.0 Å². The van der Waals surface area contributed by atoms with E-state index in [2.05, 4.69) is 9.88 Å². The summed E-state index contributed by atoms with van der Waals surface area (Å²) >= 11 is 6.86. The number of thiocarbonyl (C=S) groups is 1. The second-order valence-corrected chi connectivity index (χ2v) is 5.03. The fourth-order valence-electron chi connectivity index (χ4n) is 1.54. The van der Waals surface area contributed by atoms with Crippen LogP contribution in [0.15, 0.2) is 18.3 Å². The minimum absolute atomic E-state index is 0.357. The molecule has 3 nitrogen and oxygen atoms in total. The highest BCUT2D eigenvalue weighted by atomic mass is 32.2. The Hall–Kier alpha value is -0.810. The standard InChI is InChI=1S/C10H13N3S2/c11-10(14)9-2-1-8(7-12-9)13-3-5-15-6-4-13/h1-2,7H,3-6H2,(H2,11,14). The second kappa shape index (κ2) is 4.81. The second-order valence-electron chi connectivity index (χ2n) is 3.37. The van der Waals surface area contributed by atoms with E-state index in [4.69, 9.17) is 18.0 Å². The van der Waals surface area contributed by atoms with Gasteiger partial charge in [0.1, 0.15) is 4.99 Å². The summed E-state index contributed by atoms with van der Waals surface area (Å²) in [6.45, 7) is 2.19. The third kappa shape index (κ3) is 2.60. The van der Waals surface area contributed by atoms with E-state index in [1.54, 1.807) is 0 Å². The minimum atomic E-state index is 0.357. The third-order valence-corrected chi connectivity index (χ3v) is 3.53. The average Bonchev–Trinajstić information content (AvgIpc) is 2.30. The number of anilines is 1. The maximum absolute atomic E-state index is 5.49. The molecule has 2 N–H and O–H groups in total. The van der Waals surface area contributed by atoms with E-state index in [1.807, 2.05) is 30.1 Å². The molecule has 80 valence electrons. The molecule has 1 aliphatic heterocycles. The molecule has 1 fully saturated rings. The molecule has 2 heterocycles. The highest BCUT2D eigenvalue weighted by molar-refractivity contribution is 7.99. The van der Waals surface area contributed by atoms with E-state index in [0.29, 0.717) is 10.7 Å². The monoisotopic (exact) mass is 239 g/mol. The Morgan fingerprint density at radius 1 is 1.40 bits per heavy atom. The van der Waals surface area contributed by atoms with Gasteiger partial charge < -0.3 is 10.6 Å². The molecule has 1 saturated heterocycles. The summed E-state index contributed by atoms with van der Waals surface area (Å²) in [5, 5.41) is 0. The van der Waals surface area contributed by atoms with Gasteiger partial charge in [0, 0.05) is 24.6 Å². The van der Waals surface area contributed by atoms with Crippen molar-refractivity contribution in [2.75, 3.05) is 29.5 Å². The van der Waals surface area contributed by atoms with Crippen molar-refractivity contribution < 1.29 is 0 Å². The van der Waals surface area contributed by atoms with Crippen LogP contribution in [0.5, 0.6) is 0 Å². The van der Waals surface area contributed by atoms with E-state index in [0.717, 1.165) is 18.8 Å². The predicted molar refractivity (Wildman–Crippen MR) is 69.7 cm³/mol. The van der Waals surface area contributed by atoms with Crippen molar-refractivity contribution >= 4 is 34.7 Å². The van der Waals surface area contributed by atoms with E-state index in [-0.39, 0.29) is 0 Å². The fourth-order valence-corrected chi connectivity index (χ4v) is 2.56. The summed E-state index contributed by atoms with van der Waals surface area (Å²) < 4.78 is 0. The number of pyridine rings is 1. The van der Waals surface area contributed by atoms with Crippen LogP contribution in [0.3, 0.4) is 0 Å². The maximum Gasteiger partial charge on any atom is 0.122 e. The molecule has 0 spiro atoms. The van der Waals surface area contributed by atoms with Gasteiger partial charge in [-0.1, -0.05) is 12.2 Å². The number of hydrogen-bond acceptors (Lipinski definition) is 4. The third-order valence-electron chi connectivity index (χ3n) is 2.38. The predicted octanol–water partition coefficient (Wildman–Crippen LogP) is 1.27. The van der Waals surface area contributed by atoms with Gasteiger partial charge in [-0.05, 0) is 12.1 Å². The highest BCUT2D eigenvalue weighted by Gasteiger charge is 2.11. The van der Waals surface area contributed by atoms with Gasteiger partial charge in [0.2, 0.25) is 0 Å². The smallest absolute Gasteiger partial charge is 0.122 e. The molecule has 2 rings (SSSR count). The van der Waals surface area contributed by atoms with Crippen LogP contribution in [0.2, 0.25) is 0 Å². The first-order valence-electron chi connectivity index (χ1n) is 4.86. The van der Waals surface area contributed by atoms with Crippen molar-refractivity contribution in [3.8, 4) is 0 Å². The number of hydrogen-bond donors (Lipinski definition) is 1. The Morgan fingerprint density at radius 2 is 2.13 bits per heavy atom. The molecule has 0 unspecified atom stereocenters. The summed E-state index contributed by atoms with van der Waals surface area (Å²) in [5.41, 5.74) is 7.35. The molecular formula is C10H13N3S2. The zero-order chi connectivity index (χ0) is 10.7. The van der Waals surface area contributed by atoms with Crippen molar-refractivity contribution in [3.05, 3.63) is 24.0 Å². The van der Waals surface area contributed by atoms with Gasteiger partial charge in [-0.3, -0.25) is 4.98 Å². The molecule has 1 aliphatic rings. The van der Waals surface area contributed by atoms with Crippen molar-refractivity contribution in [1.82, 2.24) is 4.98 Å². The zero-order valence-electron chi connectivity index (χ0n) is 8.35. The normalized spacial score (nSPS) is 16.4. The Bertz CT molecular complexity index is 344. The van der Waals surface area contributed by atoms with E-state index >= 15 is 0 Å². The highest BCUT2D eigenvalue weighted by Crippen LogP contribution is 2.18. The molecule has 0 aromatic carbocycles. The SMILES string of the molecule is NC(=S)c1ccc(N2CCSCC2)cn1. The fraction of sp³-hybridized carbons (Fsp3) is 0.400. The van der Waals surface area contributed by atoms with Crippen molar-refractivity contribution in [1.29, 1.82) is 0 Å². The van der Waals surface area contributed by atoms with Gasteiger partial charge in [-0.15, -0.1) is 0 Å². The number of nitrogens with zero attached hydrogens (tertiary/aromatic N) is 2. The molecule has 0 atom stereocenters. The van der Waals surface area contributed by atoms with Gasteiger partial charge in [-0.25, -0.2) is 0 Å². The lowest BCUT2D eigenvalue weighted by molar-refractivity contribution is 0.855. The Balaban J connectivity index is 2.11. The van der Waals surface area contributed by atoms with Crippen LogP contribution < -0.4 is 10.6 Å². The van der Waals surface area contributed by atoms with Crippen LogP contribution in [-0.2, 0) is 0 Å². The Kier molecular flexibility index (Phi) is 3.43. The number of aromatic nitrogens is 1. The first-order chi connectivity index (χ1) is 7.27. The molecular weight excluding hydrogens is 226 g/mol. The topological polar surface area (TPSA) is 42.1 Å². The number of thioether (sulfide) groups is 1. The van der Waals surface area contributed by atoms with Crippen LogP contribution in [0, 0.1) is 0 Å². The van der Waals surface area contributed by atoms with Crippen LogP contribution in [0.4, 0.5) is 5.69 Å². The quantitative estimate of drug-likeness (QED) is 0.787. The van der Waals surface area contributed by atoms with Gasteiger partial charge in [0.25, 0.3) is 0 Å². The molecule has 0 radical (unpaired) electrons. The molecule has 1 aromatic heterocycles. The first kappa shape index (κ1) is 10.7. The first-order valence-corrected chi connectivity index (χ1v) is 6.42. The van der Waals surface area contributed by atoms with E-state index < -0.39 is 0 Å². The molecule has 1 aromatic rings. The lowest BCUT2D eigenvalue weighted by Gasteiger charge is -2.28. The molecule has 15 heavy (non-hydrogen) atoms. The summed E-state index contributed by atoms with van der Waals surface area (Å²) in [4.78, 5) is 6.94. The largest absolute Gasteiger partial charge is 0.388 e. The van der Waals surface area contributed by atoms with Crippen LogP contribution in [0.1, 0.15) is 5.69 Å². The average molecular weight is 239 g/mol. The lowest BCUT2D eigenvalue weighted by Crippen LogP contribution is -2.32. The van der Waals surface area contributed by atoms with E-state index in [1.165, 1.54) is 11.5 Å². The van der Waals surface area contributed by atoms with Gasteiger partial charge in [-0.2, -0.15) is 11.8 Å². The van der Waals surface area contributed by atoms with Gasteiger partial charge >= 0.3 is 0 Å². The van der Waals surface area contributed by atoms with Gasteiger partial charge in [0.05, 0.1) is 17.6 Å². The summed E-state index contributed by atoms with van der Waals surface area (Å²) in [5.74, 6) is 2.38. The molecule has 0 aliphatic carbocycles. The van der Waals surface area contributed by atoms with Crippen LogP contribution in [0.25, 0.3) is 0 Å². The Labute approximate surface area is 99.1 Å². The molecule has 0 amide bonds. The lowest BCUT2D eigenvalue weighted by atomic mass is 10.3. The van der Waals surface area contributed by atoms with Crippen molar-refractivity contribution in [2.24, 2.45) is 5.73 Å². The maximum atomic E-state index is 5.49. The van der Waals surface area contributed by atoms with Crippen molar-refractivity contribution in [2.45, 2.75) is 0 Å². The van der Waals surface area contributed by atoms with Crippen molar-refractivity contribution in [3.63, 3.8) is 0 Å². The van der Waals surface area contributed by atoms with E-state index in [9.17, 15) is 0 Å². The number of rotatable bonds is 2. The molecule has 0 saturated carbocycles. The zero-order valence-corrected chi connectivity index (χ0v) is 9.98. The summed E-state index contributed by atoms with van der Waals surface area (Å²) in [7, 11) is 0. The van der Waals surface area contributed by atoms with Gasteiger partial charge in [0.15, 0.2) is 0 Å². The molecule has 0 bridgehead atoms.